The first-order valence-corrected chi connectivity index (χ1v) is 9.71. The zero-order chi connectivity index (χ0) is 19.5. The number of carbonyl (C=O) groups excluding carboxylic acids is 1. The van der Waals surface area contributed by atoms with Crippen LogP contribution >= 0.6 is 0 Å². The third-order valence-electron chi connectivity index (χ3n) is 3.82. The van der Waals surface area contributed by atoms with Crippen molar-refractivity contribution in [3.63, 3.8) is 0 Å². The summed E-state index contributed by atoms with van der Waals surface area (Å²) < 4.78 is 4.90. The second-order valence-corrected chi connectivity index (χ2v) is 6.28. The molecule has 0 rings (SSSR count). The van der Waals surface area contributed by atoms with E-state index in [1.807, 2.05) is 18.2 Å². The summed E-state index contributed by atoms with van der Waals surface area (Å²) in [6, 6.07) is 0. The van der Waals surface area contributed by atoms with Gasteiger partial charge in [0.2, 0.25) is 0 Å². The van der Waals surface area contributed by atoms with Crippen molar-refractivity contribution in [2.75, 3.05) is 13.2 Å². The van der Waals surface area contributed by atoms with Gasteiger partial charge in [-0.2, -0.15) is 0 Å². The Kier molecular flexibility index (Phi) is 17.4. The Morgan fingerprint density at radius 2 is 1.65 bits per heavy atom. The Morgan fingerprint density at radius 1 is 0.962 bits per heavy atom. The molecule has 5 nitrogen and oxygen atoms in total. The summed E-state index contributed by atoms with van der Waals surface area (Å²) in [5.41, 5.74) is 0. The van der Waals surface area contributed by atoms with Crippen LogP contribution in [0.2, 0.25) is 0 Å². The average molecular weight is 369 g/mol. The Bertz CT molecular complexity index is 411. The number of esters is 1. The average Bonchev–Trinajstić information content (AvgIpc) is 2.64. The quantitative estimate of drug-likeness (QED) is 0.168. The molecule has 0 aromatic carbocycles. The Hall–Kier alpha value is -1.43. The van der Waals surface area contributed by atoms with Crippen LogP contribution in [0.4, 0.5) is 0 Å². The van der Waals surface area contributed by atoms with Crippen LogP contribution in [0.3, 0.4) is 0 Å². The van der Waals surface area contributed by atoms with E-state index in [1.54, 1.807) is 6.08 Å². The van der Waals surface area contributed by atoms with Gasteiger partial charge in [-0.25, -0.2) is 0 Å². The highest BCUT2D eigenvalue weighted by atomic mass is 16.6. The van der Waals surface area contributed by atoms with Crippen molar-refractivity contribution >= 4 is 5.97 Å². The zero-order valence-electron chi connectivity index (χ0n) is 16.1. The molecule has 0 bridgehead atoms. The number of unbranched alkanes of at least 4 members (excludes halogenated alkanes) is 5. The molecule has 26 heavy (non-hydrogen) atoms. The summed E-state index contributed by atoms with van der Waals surface area (Å²) >= 11 is 0. The molecule has 0 aromatic rings. The highest BCUT2D eigenvalue weighted by molar-refractivity contribution is 5.69. The second-order valence-electron chi connectivity index (χ2n) is 6.28. The molecule has 0 aliphatic carbocycles. The lowest BCUT2D eigenvalue weighted by Crippen LogP contribution is -2.25. The van der Waals surface area contributed by atoms with Crippen molar-refractivity contribution in [2.24, 2.45) is 0 Å². The molecule has 0 aliphatic heterocycles. The Morgan fingerprint density at radius 3 is 2.35 bits per heavy atom. The van der Waals surface area contributed by atoms with Crippen LogP contribution in [0.5, 0.6) is 0 Å². The molecule has 0 aromatic heterocycles. The number of aliphatic hydroxyl groups excluding tert-OH is 3. The van der Waals surface area contributed by atoms with E-state index in [0.717, 1.165) is 44.9 Å². The number of rotatable bonds is 16. The van der Waals surface area contributed by atoms with E-state index >= 15 is 0 Å². The van der Waals surface area contributed by atoms with E-state index in [-0.39, 0.29) is 19.2 Å². The first-order valence-electron chi connectivity index (χ1n) is 9.71. The van der Waals surface area contributed by atoms with Gasteiger partial charge >= 0.3 is 5.97 Å². The van der Waals surface area contributed by atoms with Gasteiger partial charge in [-0.3, -0.25) is 4.79 Å². The van der Waals surface area contributed by atoms with Crippen LogP contribution in [-0.2, 0) is 9.53 Å². The normalized spacial score (nSPS) is 13.4. The minimum atomic E-state index is -0.794. The van der Waals surface area contributed by atoms with E-state index in [9.17, 15) is 9.90 Å². The fourth-order valence-corrected chi connectivity index (χ4v) is 2.29. The SMILES string of the molecule is CC/C=C/CC(O)/C=C/C=C/CCCCCCCC(=O)OC(CO)CO. The predicted octanol–water partition coefficient (Wildman–Crippen LogP) is 3.44. The molecule has 0 spiro atoms. The van der Waals surface area contributed by atoms with Crippen LogP contribution in [0, 0.1) is 0 Å². The first-order chi connectivity index (χ1) is 12.6. The highest BCUT2D eigenvalue weighted by Crippen LogP contribution is 2.09. The van der Waals surface area contributed by atoms with E-state index in [2.05, 4.69) is 19.1 Å². The topological polar surface area (TPSA) is 87.0 Å². The van der Waals surface area contributed by atoms with Crippen LogP contribution in [0.1, 0.15) is 64.7 Å². The molecule has 0 fully saturated rings. The van der Waals surface area contributed by atoms with Crippen molar-refractivity contribution in [3.8, 4) is 0 Å². The van der Waals surface area contributed by atoms with Crippen molar-refractivity contribution < 1.29 is 24.9 Å². The third-order valence-corrected chi connectivity index (χ3v) is 3.82. The van der Waals surface area contributed by atoms with Gasteiger partial charge in [-0.05, 0) is 32.1 Å². The number of hydrogen-bond donors (Lipinski definition) is 3. The van der Waals surface area contributed by atoms with E-state index in [0.29, 0.717) is 12.8 Å². The maximum absolute atomic E-state index is 11.4. The fraction of sp³-hybridized carbons (Fsp3) is 0.667. The standard InChI is InChI=1S/C21H36O5/c1-2-3-11-14-19(24)15-12-9-7-5-4-6-8-10-13-16-21(25)26-20(17-22)18-23/h3,7,9,11-12,15,19-20,22-24H,2,4-6,8,10,13-14,16-18H2,1H3/b9-7+,11-3+,15-12+. The van der Waals surface area contributed by atoms with Crippen LogP contribution in [-0.4, -0.2) is 46.7 Å². The molecule has 0 saturated carbocycles. The van der Waals surface area contributed by atoms with E-state index in [1.165, 1.54) is 0 Å². The summed E-state index contributed by atoms with van der Waals surface area (Å²) in [4.78, 5) is 11.4. The Labute approximate surface area is 158 Å². The Balaban J connectivity index is 3.53. The molecule has 0 heterocycles. The largest absolute Gasteiger partial charge is 0.457 e. The summed E-state index contributed by atoms with van der Waals surface area (Å²) in [6.07, 6.45) is 18.6. The molecule has 1 atom stereocenters. The van der Waals surface area contributed by atoms with Crippen molar-refractivity contribution in [1.82, 2.24) is 0 Å². The lowest BCUT2D eigenvalue weighted by Gasteiger charge is -2.12. The van der Waals surface area contributed by atoms with Gasteiger partial charge < -0.3 is 20.1 Å². The number of hydrogen-bond acceptors (Lipinski definition) is 5. The molecule has 1 unspecified atom stereocenters. The van der Waals surface area contributed by atoms with Gasteiger partial charge in [0.15, 0.2) is 0 Å². The van der Waals surface area contributed by atoms with Crippen molar-refractivity contribution in [1.29, 1.82) is 0 Å². The molecule has 0 amide bonds. The maximum atomic E-state index is 11.4. The van der Waals surface area contributed by atoms with Crippen LogP contribution in [0.25, 0.3) is 0 Å². The van der Waals surface area contributed by atoms with E-state index < -0.39 is 12.2 Å². The molecule has 3 N–H and O–H groups in total. The van der Waals surface area contributed by atoms with Gasteiger partial charge in [0.05, 0.1) is 19.3 Å². The van der Waals surface area contributed by atoms with Crippen molar-refractivity contribution in [3.05, 3.63) is 36.5 Å². The lowest BCUT2D eigenvalue weighted by atomic mass is 10.1. The molecular weight excluding hydrogens is 332 g/mol. The molecular formula is C21H36O5. The summed E-state index contributed by atoms with van der Waals surface area (Å²) in [7, 11) is 0. The minimum absolute atomic E-state index is 0.330. The fourth-order valence-electron chi connectivity index (χ4n) is 2.29. The second kappa shape index (κ2) is 18.4. The van der Waals surface area contributed by atoms with Gasteiger partial charge in [0, 0.05) is 6.42 Å². The first kappa shape index (κ1) is 24.6. The maximum Gasteiger partial charge on any atom is 0.306 e. The number of allylic oxidation sites excluding steroid dienone is 4. The zero-order valence-corrected chi connectivity index (χ0v) is 16.1. The molecule has 150 valence electrons. The molecule has 0 aliphatic rings. The number of carbonyl (C=O) groups is 1. The minimum Gasteiger partial charge on any atom is -0.457 e. The smallest absolute Gasteiger partial charge is 0.306 e. The summed E-state index contributed by atoms with van der Waals surface area (Å²) in [5, 5.41) is 27.3. The highest BCUT2D eigenvalue weighted by Gasteiger charge is 2.11. The summed E-state index contributed by atoms with van der Waals surface area (Å²) in [6.45, 7) is 1.38. The van der Waals surface area contributed by atoms with Gasteiger partial charge in [0.1, 0.15) is 6.10 Å². The van der Waals surface area contributed by atoms with Gasteiger partial charge in [-0.15, -0.1) is 0 Å². The summed E-state index contributed by atoms with van der Waals surface area (Å²) in [5.74, 6) is -0.361. The number of ether oxygens (including phenoxy) is 1. The van der Waals surface area contributed by atoms with E-state index in [4.69, 9.17) is 14.9 Å². The monoisotopic (exact) mass is 368 g/mol. The third kappa shape index (κ3) is 16.1. The van der Waals surface area contributed by atoms with Crippen LogP contribution in [0.15, 0.2) is 36.5 Å². The lowest BCUT2D eigenvalue weighted by molar-refractivity contribution is -0.153. The van der Waals surface area contributed by atoms with Gasteiger partial charge in [0.25, 0.3) is 0 Å². The molecule has 0 radical (unpaired) electrons. The van der Waals surface area contributed by atoms with Crippen LogP contribution < -0.4 is 0 Å². The van der Waals surface area contributed by atoms with Crippen molar-refractivity contribution in [2.45, 2.75) is 76.9 Å². The van der Waals surface area contributed by atoms with Gasteiger partial charge in [-0.1, -0.05) is 62.6 Å². The number of aliphatic hydroxyl groups is 3. The predicted molar refractivity (Wildman–Crippen MR) is 105 cm³/mol. The molecule has 0 saturated heterocycles. The molecule has 5 heteroatoms.